The molecule has 0 aliphatic heterocycles. The molecule has 0 aromatic heterocycles. The lowest BCUT2D eigenvalue weighted by atomic mass is 10.3. The summed E-state index contributed by atoms with van der Waals surface area (Å²) in [5.41, 5.74) is 0. The van der Waals surface area contributed by atoms with Crippen LogP contribution in [0.1, 0.15) is 13.8 Å². The highest BCUT2D eigenvalue weighted by Gasteiger charge is 2.20. The second-order valence-electron chi connectivity index (χ2n) is 4.06. The van der Waals surface area contributed by atoms with Crippen LogP contribution in [0.25, 0.3) is 0 Å². The summed E-state index contributed by atoms with van der Waals surface area (Å²) in [7, 11) is 1.09. The molecule has 0 spiro atoms. The molecule has 0 amide bonds. The van der Waals surface area contributed by atoms with Crippen LogP contribution in [-0.4, -0.2) is 44.9 Å². The van der Waals surface area contributed by atoms with Crippen LogP contribution in [0.15, 0.2) is 0 Å². The first-order valence-corrected chi connectivity index (χ1v) is 6.01. The molecule has 0 bridgehead atoms. The van der Waals surface area contributed by atoms with Gasteiger partial charge in [-0.3, -0.25) is 4.57 Å². The Labute approximate surface area is 85.8 Å². The minimum Gasteiger partial charge on any atom is -0.756 e. The van der Waals surface area contributed by atoms with Crippen LogP contribution < -0.4 is 4.89 Å². The highest BCUT2D eigenvalue weighted by atomic mass is 31.2. The molecule has 1 atom stereocenters. The van der Waals surface area contributed by atoms with E-state index in [1.54, 1.807) is 0 Å². The number of quaternary nitrogens is 1. The van der Waals surface area contributed by atoms with Crippen LogP contribution in [0.2, 0.25) is 0 Å². The summed E-state index contributed by atoms with van der Waals surface area (Å²) in [5, 5.41) is 0. The normalized spacial score (nSPS) is 17.1. The van der Waals surface area contributed by atoms with E-state index < -0.39 is 7.82 Å². The molecule has 0 aromatic carbocycles. The molecule has 0 aliphatic carbocycles. The van der Waals surface area contributed by atoms with Crippen molar-refractivity contribution in [1.82, 2.24) is 0 Å². The Bertz CT molecular complexity index is 217. The predicted molar refractivity (Wildman–Crippen MR) is 52.7 cm³/mol. The van der Waals surface area contributed by atoms with E-state index in [0.29, 0.717) is 17.1 Å². The number of nitrogens with zero attached hydrogens (tertiary/aromatic N) is 1. The highest BCUT2D eigenvalue weighted by Crippen LogP contribution is 2.36. The summed E-state index contributed by atoms with van der Waals surface area (Å²) in [5.74, 6) is 0. The maximum atomic E-state index is 10.8. The third kappa shape index (κ3) is 5.08. The molecule has 0 rings (SSSR count). The van der Waals surface area contributed by atoms with Gasteiger partial charge in [-0.25, -0.2) is 0 Å². The Kier molecular flexibility index (Phi) is 5.26. The van der Waals surface area contributed by atoms with Crippen LogP contribution in [0, 0.1) is 0 Å². The molecule has 0 heterocycles. The second kappa shape index (κ2) is 5.24. The molecule has 0 radical (unpaired) electrons. The molecule has 0 aliphatic rings. The molecule has 14 heavy (non-hydrogen) atoms. The average Bonchev–Trinajstić information content (AvgIpc) is 2.03. The molecule has 5 nitrogen and oxygen atoms in total. The van der Waals surface area contributed by atoms with Gasteiger partial charge >= 0.3 is 0 Å². The molecule has 0 aromatic rings. The van der Waals surface area contributed by atoms with Crippen molar-refractivity contribution >= 4 is 7.82 Å². The fourth-order valence-electron chi connectivity index (χ4n) is 0.699. The Balaban J connectivity index is 3.91. The van der Waals surface area contributed by atoms with E-state index in [9.17, 15) is 9.46 Å². The lowest BCUT2D eigenvalue weighted by Crippen LogP contribution is -2.47. The van der Waals surface area contributed by atoms with Crippen molar-refractivity contribution in [2.45, 2.75) is 19.9 Å². The van der Waals surface area contributed by atoms with Gasteiger partial charge in [0.15, 0.2) is 0 Å². The van der Waals surface area contributed by atoms with Crippen molar-refractivity contribution in [3.05, 3.63) is 0 Å². The third-order valence-electron chi connectivity index (χ3n) is 2.54. The van der Waals surface area contributed by atoms with Gasteiger partial charge in [-0.2, -0.15) is 0 Å². The van der Waals surface area contributed by atoms with Crippen molar-refractivity contribution < 1.29 is 23.0 Å². The van der Waals surface area contributed by atoms with E-state index in [1.807, 2.05) is 14.1 Å². The Morgan fingerprint density at radius 2 is 1.93 bits per heavy atom. The minimum atomic E-state index is -4.05. The SMILES string of the molecule is COP(=O)([O-])OCC[N+](C)(C)C(C)C. The standard InChI is InChI=1S/C8H20NO4P/c1-8(2)9(3,4)6-7-13-14(10,11)12-5/h8H,6-7H2,1-5H3. The molecule has 0 saturated carbocycles. The zero-order chi connectivity index (χ0) is 11.4. The lowest BCUT2D eigenvalue weighted by molar-refractivity contribution is -0.911. The zero-order valence-corrected chi connectivity index (χ0v) is 10.4. The third-order valence-corrected chi connectivity index (χ3v) is 3.48. The van der Waals surface area contributed by atoms with E-state index in [-0.39, 0.29) is 6.61 Å². The zero-order valence-electron chi connectivity index (χ0n) is 9.52. The number of phosphoric acid groups is 1. The van der Waals surface area contributed by atoms with Crippen molar-refractivity contribution in [2.24, 2.45) is 0 Å². The molecule has 1 unspecified atom stereocenters. The Morgan fingerprint density at radius 3 is 2.29 bits per heavy atom. The van der Waals surface area contributed by atoms with Gasteiger partial charge in [-0.1, -0.05) is 0 Å². The molecular weight excluding hydrogens is 205 g/mol. The summed E-state index contributed by atoms with van der Waals surface area (Å²) in [6.45, 7) is 4.94. The van der Waals surface area contributed by atoms with E-state index in [0.717, 1.165) is 7.11 Å². The van der Waals surface area contributed by atoms with Crippen molar-refractivity contribution in [2.75, 3.05) is 34.4 Å². The van der Waals surface area contributed by atoms with Gasteiger partial charge in [0, 0.05) is 7.11 Å². The largest absolute Gasteiger partial charge is 0.756 e. The molecular formula is C8H20NO4P. The summed E-state index contributed by atoms with van der Waals surface area (Å²) in [6, 6.07) is 0.423. The van der Waals surface area contributed by atoms with Gasteiger partial charge < -0.3 is 18.4 Å². The lowest BCUT2D eigenvalue weighted by Gasteiger charge is -2.34. The summed E-state index contributed by atoms with van der Waals surface area (Å²) in [6.07, 6.45) is 0. The first-order valence-electron chi connectivity index (χ1n) is 4.55. The van der Waals surface area contributed by atoms with Gasteiger partial charge in [0.05, 0.1) is 20.1 Å². The number of rotatable bonds is 6. The van der Waals surface area contributed by atoms with E-state index >= 15 is 0 Å². The van der Waals surface area contributed by atoms with Gasteiger partial charge in [-0.05, 0) is 13.8 Å². The monoisotopic (exact) mass is 225 g/mol. The van der Waals surface area contributed by atoms with Crippen LogP contribution in [0.5, 0.6) is 0 Å². The van der Waals surface area contributed by atoms with Crippen LogP contribution >= 0.6 is 7.82 Å². The first-order chi connectivity index (χ1) is 6.21. The molecule has 0 N–H and O–H groups in total. The first kappa shape index (κ1) is 14.1. The van der Waals surface area contributed by atoms with Gasteiger partial charge in [-0.15, -0.1) is 0 Å². The van der Waals surface area contributed by atoms with Crippen molar-refractivity contribution in [1.29, 1.82) is 0 Å². The van der Waals surface area contributed by atoms with Crippen LogP contribution in [-0.2, 0) is 13.6 Å². The molecule has 0 fully saturated rings. The Morgan fingerprint density at radius 1 is 1.43 bits per heavy atom. The summed E-state index contributed by atoms with van der Waals surface area (Å²) in [4.78, 5) is 10.8. The van der Waals surface area contributed by atoms with Crippen molar-refractivity contribution in [3.8, 4) is 0 Å². The Hall–Kier alpha value is 0.0700. The van der Waals surface area contributed by atoms with E-state index in [1.165, 1.54) is 0 Å². The topological polar surface area (TPSA) is 58.6 Å². The molecule has 0 saturated heterocycles. The van der Waals surface area contributed by atoms with Crippen molar-refractivity contribution in [3.63, 3.8) is 0 Å². The second-order valence-corrected chi connectivity index (χ2v) is 5.58. The summed E-state index contributed by atoms with van der Waals surface area (Å²) >= 11 is 0. The fourth-order valence-corrected chi connectivity index (χ4v) is 1.11. The van der Waals surface area contributed by atoms with E-state index in [2.05, 4.69) is 22.9 Å². The number of likely N-dealkylation sites (N-methyl/N-ethyl adjacent to an activating group) is 1. The quantitative estimate of drug-likeness (QED) is 0.490. The van der Waals surface area contributed by atoms with Gasteiger partial charge in [0.1, 0.15) is 13.2 Å². The maximum absolute atomic E-state index is 10.8. The van der Waals surface area contributed by atoms with Gasteiger partial charge in [0.2, 0.25) is 0 Å². The predicted octanol–water partition coefficient (Wildman–Crippen LogP) is 0.603. The number of hydrogen-bond acceptors (Lipinski definition) is 4. The molecule has 6 heteroatoms. The minimum absolute atomic E-state index is 0.153. The molecule has 86 valence electrons. The average molecular weight is 225 g/mol. The maximum Gasteiger partial charge on any atom is 0.267 e. The fraction of sp³-hybridized carbons (Fsp3) is 1.00. The number of phosphoric ester groups is 1. The highest BCUT2D eigenvalue weighted by molar-refractivity contribution is 7.45. The summed E-state index contributed by atoms with van der Waals surface area (Å²) < 4.78 is 20.4. The van der Waals surface area contributed by atoms with Gasteiger partial charge in [0.25, 0.3) is 7.82 Å². The van der Waals surface area contributed by atoms with Crippen LogP contribution in [0.4, 0.5) is 0 Å². The van der Waals surface area contributed by atoms with Crippen LogP contribution in [0.3, 0.4) is 0 Å². The number of hydrogen-bond donors (Lipinski definition) is 0. The smallest absolute Gasteiger partial charge is 0.267 e. The van der Waals surface area contributed by atoms with E-state index in [4.69, 9.17) is 0 Å².